The third kappa shape index (κ3) is 5.45. The number of carboxylic acids is 1. The summed E-state index contributed by atoms with van der Waals surface area (Å²) in [4.78, 5) is 23.3. The predicted molar refractivity (Wildman–Crippen MR) is 89.8 cm³/mol. The molecule has 5 nitrogen and oxygen atoms in total. The lowest BCUT2D eigenvalue weighted by atomic mass is 9.71. The van der Waals surface area contributed by atoms with Crippen LogP contribution in [0.5, 0.6) is 0 Å². The van der Waals surface area contributed by atoms with Crippen LogP contribution in [0, 0.1) is 5.41 Å². The second-order valence-corrected chi connectivity index (χ2v) is 6.71. The Balaban J connectivity index is 0.000000298. The highest BCUT2D eigenvalue weighted by Crippen LogP contribution is 2.39. The number of halogens is 3. The van der Waals surface area contributed by atoms with Crippen LogP contribution >= 0.6 is 0 Å². The molecule has 144 valence electrons. The number of amides is 1. The zero-order valence-electron chi connectivity index (χ0n) is 14.4. The summed E-state index contributed by atoms with van der Waals surface area (Å²) in [6, 6.07) is 9.66. The van der Waals surface area contributed by atoms with E-state index >= 15 is 0 Å². The highest BCUT2D eigenvalue weighted by atomic mass is 19.4. The molecule has 2 saturated heterocycles. The largest absolute Gasteiger partial charge is 0.490 e. The third-order valence-electron chi connectivity index (χ3n) is 5.04. The van der Waals surface area contributed by atoms with Gasteiger partial charge in [-0.1, -0.05) is 18.2 Å². The number of benzene rings is 1. The number of hydrogen-bond donors (Lipinski definition) is 2. The maximum atomic E-state index is 12.4. The number of nitrogens with one attached hydrogen (secondary N) is 1. The van der Waals surface area contributed by atoms with Crippen molar-refractivity contribution in [3.8, 4) is 0 Å². The number of rotatable bonds is 1. The van der Waals surface area contributed by atoms with Crippen molar-refractivity contribution in [2.45, 2.75) is 31.9 Å². The first-order valence-corrected chi connectivity index (χ1v) is 8.59. The standard InChI is InChI=1S/C16H22N2O.C2HF3O2/c19-15(14-4-2-1-3-5-14)18-12-8-16(9-13-18)6-10-17-11-7-16;3-2(4,5)1(6)7/h1-5,17H,6-13H2;(H,6,7). The molecular weight excluding hydrogens is 349 g/mol. The molecule has 2 fully saturated rings. The van der Waals surface area contributed by atoms with Crippen LogP contribution in [0.3, 0.4) is 0 Å². The van der Waals surface area contributed by atoms with Gasteiger partial charge in [-0.25, -0.2) is 4.79 Å². The topological polar surface area (TPSA) is 69.6 Å². The Morgan fingerprint density at radius 3 is 1.96 bits per heavy atom. The van der Waals surface area contributed by atoms with E-state index in [0.717, 1.165) is 31.7 Å². The first-order valence-electron chi connectivity index (χ1n) is 8.59. The number of nitrogens with zero attached hydrogens (tertiary/aromatic N) is 1. The fourth-order valence-corrected chi connectivity index (χ4v) is 3.40. The smallest absolute Gasteiger partial charge is 0.475 e. The van der Waals surface area contributed by atoms with E-state index in [1.807, 2.05) is 35.2 Å². The van der Waals surface area contributed by atoms with E-state index in [2.05, 4.69) is 5.32 Å². The average molecular weight is 372 g/mol. The lowest BCUT2D eigenvalue weighted by Gasteiger charge is -2.44. The Morgan fingerprint density at radius 1 is 1.00 bits per heavy atom. The third-order valence-corrected chi connectivity index (χ3v) is 5.04. The molecule has 0 aromatic heterocycles. The molecule has 0 atom stereocenters. The first kappa shape index (κ1) is 20.2. The summed E-state index contributed by atoms with van der Waals surface area (Å²) >= 11 is 0. The number of carboxylic acid groups (broad SMARTS) is 1. The van der Waals surface area contributed by atoms with Crippen LogP contribution in [0.25, 0.3) is 0 Å². The average Bonchev–Trinajstić information content (AvgIpc) is 2.63. The number of alkyl halides is 3. The van der Waals surface area contributed by atoms with Crippen molar-refractivity contribution in [2.75, 3.05) is 26.2 Å². The number of hydrogen-bond acceptors (Lipinski definition) is 3. The fraction of sp³-hybridized carbons (Fsp3) is 0.556. The predicted octanol–water partition coefficient (Wildman–Crippen LogP) is 2.93. The molecule has 2 N–H and O–H groups in total. The molecule has 2 aliphatic heterocycles. The molecule has 8 heteroatoms. The molecule has 2 heterocycles. The first-order chi connectivity index (χ1) is 12.2. The molecule has 1 spiro atoms. The minimum atomic E-state index is -5.08. The Bertz CT molecular complexity index is 604. The van der Waals surface area contributed by atoms with Crippen molar-refractivity contribution in [3.05, 3.63) is 35.9 Å². The molecule has 1 aromatic carbocycles. The zero-order valence-corrected chi connectivity index (χ0v) is 14.4. The molecule has 0 unspecified atom stereocenters. The molecule has 1 aromatic rings. The quantitative estimate of drug-likeness (QED) is 0.795. The van der Waals surface area contributed by atoms with Gasteiger partial charge in [-0.15, -0.1) is 0 Å². The molecule has 3 rings (SSSR count). The van der Waals surface area contributed by atoms with Crippen LogP contribution in [0.1, 0.15) is 36.0 Å². The Hall–Kier alpha value is -2.09. The molecule has 0 aliphatic carbocycles. The summed E-state index contributed by atoms with van der Waals surface area (Å²) < 4.78 is 31.7. The van der Waals surface area contributed by atoms with Crippen molar-refractivity contribution in [1.82, 2.24) is 10.2 Å². The minimum absolute atomic E-state index is 0.199. The monoisotopic (exact) mass is 372 g/mol. The van der Waals surface area contributed by atoms with Crippen LogP contribution in [0.4, 0.5) is 13.2 Å². The SMILES string of the molecule is O=C(O)C(F)(F)F.O=C(c1ccccc1)N1CCC2(CCNCC2)CC1. The van der Waals surface area contributed by atoms with Gasteiger partial charge in [-0.2, -0.15) is 13.2 Å². The summed E-state index contributed by atoms with van der Waals surface area (Å²) in [6.45, 7) is 4.14. The van der Waals surface area contributed by atoms with E-state index in [0.29, 0.717) is 5.41 Å². The minimum Gasteiger partial charge on any atom is -0.475 e. The van der Waals surface area contributed by atoms with E-state index in [4.69, 9.17) is 9.90 Å². The van der Waals surface area contributed by atoms with Gasteiger partial charge in [-0.05, 0) is 56.3 Å². The Labute approximate surface area is 150 Å². The molecule has 1 amide bonds. The summed E-state index contributed by atoms with van der Waals surface area (Å²) in [7, 11) is 0. The fourth-order valence-electron chi connectivity index (χ4n) is 3.40. The summed E-state index contributed by atoms with van der Waals surface area (Å²) in [5.41, 5.74) is 1.34. The van der Waals surface area contributed by atoms with Crippen molar-refractivity contribution in [2.24, 2.45) is 5.41 Å². The molecule has 0 radical (unpaired) electrons. The summed E-state index contributed by atoms with van der Waals surface area (Å²) in [6.07, 6.45) is -0.179. The van der Waals surface area contributed by atoms with Gasteiger partial charge in [0.05, 0.1) is 0 Å². The second kappa shape index (κ2) is 8.53. The van der Waals surface area contributed by atoms with Crippen molar-refractivity contribution < 1.29 is 27.9 Å². The van der Waals surface area contributed by atoms with Crippen molar-refractivity contribution in [1.29, 1.82) is 0 Å². The van der Waals surface area contributed by atoms with Crippen LogP contribution < -0.4 is 5.32 Å². The Kier molecular flexibility index (Phi) is 6.63. The summed E-state index contributed by atoms with van der Waals surface area (Å²) in [5, 5.41) is 10.6. The molecule has 2 aliphatic rings. The molecule has 0 bridgehead atoms. The van der Waals surface area contributed by atoms with Crippen LogP contribution in [-0.2, 0) is 4.79 Å². The van der Waals surface area contributed by atoms with E-state index in [1.54, 1.807) is 0 Å². The van der Waals surface area contributed by atoms with Gasteiger partial charge in [0, 0.05) is 18.7 Å². The van der Waals surface area contributed by atoms with E-state index < -0.39 is 12.1 Å². The van der Waals surface area contributed by atoms with Gasteiger partial charge in [0.2, 0.25) is 0 Å². The van der Waals surface area contributed by atoms with Gasteiger partial charge >= 0.3 is 12.1 Å². The summed E-state index contributed by atoms with van der Waals surface area (Å²) in [5.74, 6) is -2.56. The van der Waals surface area contributed by atoms with Crippen LogP contribution in [-0.4, -0.2) is 54.2 Å². The normalized spacial score (nSPS) is 19.4. The highest BCUT2D eigenvalue weighted by molar-refractivity contribution is 5.94. The van der Waals surface area contributed by atoms with Crippen molar-refractivity contribution in [3.63, 3.8) is 0 Å². The highest BCUT2D eigenvalue weighted by Gasteiger charge is 2.38. The lowest BCUT2D eigenvalue weighted by Crippen LogP contribution is -2.47. The number of likely N-dealkylation sites (tertiary alicyclic amines) is 1. The zero-order chi connectivity index (χ0) is 19.2. The van der Waals surface area contributed by atoms with Gasteiger partial charge < -0.3 is 15.3 Å². The van der Waals surface area contributed by atoms with E-state index in [-0.39, 0.29) is 5.91 Å². The van der Waals surface area contributed by atoms with E-state index in [9.17, 15) is 18.0 Å². The lowest BCUT2D eigenvalue weighted by molar-refractivity contribution is -0.192. The van der Waals surface area contributed by atoms with Gasteiger partial charge in [0.25, 0.3) is 5.91 Å². The van der Waals surface area contributed by atoms with Gasteiger partial charge in [0.1, 0.15) is 0 Å². The van der Waals surface area contributed by atoms with Gasteiger partial charge in [-0.3, -0.25) is 4.79 Å². The number of carbonyl (C=O) groups is 2. The van der Waals surface area contributed by atoms with E-state index in [1.165, 1.54) is 25.7 Å². The second-order valence-electron chi connectivity index (χ2n) is 6.71. The van der Waals surface area contributed by atoms with Crippen LogP contribution in [0.15, 0.2) is 30.3 Å². The number of carbonyl (C=O) groups excluding carboxylic acids is 1. The maximum Gasteiger partial charge on any atom is 0.490 e. The molecule has 26 heavy (non-hydrogen) atoms. The number of aliphatic carboxylic acids is 1. The number of piperidine rings is 2. The Morgan fingerprint density at radius 2 is 1.50 bits per heavy atom. The molecular formula is C18H23F3N2O3. The van der Waals surface area contributed by atoms with Crippen LogP contribution in [0.2, 0.25) is 0 Å². The molecule has 0 saturated carbocycles. The van der Waals surface area contributed by atoms with Crippen molar-refractivity contribution >= 4 is 11.9 Å². The maximum absolute atomic E-state index is 12.4. The van der Waals surface area contributed by atoms with Gasteiger partial charge in [0.15, 0.2) is 0 Å².